The van der Waals surface area contributed by atoms with Crippen LogP contribution in [0.1, 0.15) is 94.2 Å². The molecule has 1 aliphatic heterocycles. The molecule has 1 heterocycles. The zero-order valence-electron chi connectivity index (χ0n) is 18.7. The van der Waals surface area contributed by atoms with Crippen LogP contribution in [0, 0.1) is 11.7 Å². The fourth-order valence-electron chi connectivity index (χ4n) is 5.09. The first-order chi connectivity index (χ1) is 14.9. The second-order valence-corrected chi connectivity index (χ2v) is 9.46. The Balaban J connectivity index is 1.60. The summed E-state index contributed by atoms with van der Waals surface area (Å²) in [6.07, 6.45) is 6.64. The molecule has 168 valence electrons. The molecule has 0 amide bonds. The maximum absolute atomic E-state index is 15.1. The predicted octanol–water partition coefficient (Wildman–Crippen LogP) is 8.74. The lowest BCUT2D eigenvalue weighted by molar-refractivity contribution is -0.188. The Kier molecular flexibility index (Phi) is 6.64. The monoisotopic (exact) mass is 430 g/mol. The van der Waals surface area contributed by atoms with E-state index in [1.54, 1.807) is 24.3 Å². The van der Waals surface area contributed by atoms with E-state index in [1.807, 2.05) is 6.07 Å². The summed E-state index contributed by atoms with van der Waals surface area (Å²) in [4.78, 5) is 0. The highest BCUT2D eigenvalue weighted by Gasteiger charge is 2.43. The van der Waals surface area contributed by atoms with E-state index >= 15 is 4.39 Å². The first kappa shape index (κ1) is 22.2. The van der Waals surface area contributed by atoms with Crippen molar-refractivity contribution in [3.63, 3.8) is 0 Å². The Hall–Kier alpha value is -1.97. The molecule has 0 spiro atoms. The van der Waals surface area contributed by atoms with Crippen LogP contribution in [-0.2, 0) is 12.5 Å². The van der Waals surface area contributed by atoms with Gasteiger partial charge in [0.05, 0.1) is 5.56 Å². The highest BCUT2D eigenvalue weighted by Crippen LogP contribution is 2.50. The highest BCUT2D eigenvalue weighted by molar-refractivity contribution is 5.77. The van der Waals surface area contributed by atoms with Gasteiger partial charge in [0.25, 0.3) is 0 Å². The Labute approximate surface area is 184 Å². The fourth-order valence-corrected chi connectivity index (χ4v) is 5.09. The van der Waals surface area contributed by atoms with Gasteiger partial charge >= 0.3 is 6.11 Å². The van der Waals surface area contributed by atoms with Crippen LogP contribution in [0.25, 0.3) is 11.1 Å². The molecule has 0 N–H and O–H groups in total. The molecule has 0 saturated heterocycles. The lowest BCUT2D eigenvalue weighted by Crippen LogP contribution is -2.27. The zero-order chi connectivity index (χ0) is 22.0. The molecule has 4 rings (SSSR count). The summed E-state index contributed by atoms with van der Waals surface area (Å²) in [6, 6.07) is 8.77. The molecule has 1 fully saturated rings. The van der Waals surface area contributed by atoms with Crippen molar-refractivity contribution >= 4 is 0 Å². The topological polar surface area (TPSA) is 9.23 Å². The normalized spacial score (nSPS) is 21.8. The van der Waals surface area contributed by atoms with Crippen molar-refractivity contribution in [3.05, 3.63) is 52.8 Å². The minimum absolute atomic E-state index is 0.136. The summed E-state index contributed by atoms with van der Waals surface area (Å²) in [7, 11) is 0. The van der Waals surface area contributed by atoms with Crippen LogP contribution >= 0.6 is 0 Å². The number of rotatable bonds is 7. The van der Waals surface area contributed by atoms with Crippen LogP contribution in [0.15, 0.2) is 30.3 Å². The lowest BCUT2D eigenvalue weighted by atomic mass is 9.78. The van der Waals surface area contributed by atoms with Crippen molar-refractivity contribution in [1.29, 1.82) is 0 Å². The van der Waals surface area contributed by atoms with Crippen LogP contribution < -0.4 is 4.74 Å². The second kappa shape index (κ2) is 9.26. The molecule has 0 radical (unpaired) electrons. The average molecular weight is 431 g/mol. The summed E-state index contributed by atoms with van der Waals surface area (Å²) in [5.41, 5.74) is 2.08. The van der Waals surface area contributed by atoms with Crippen molar-refractivity contribution in [2.24, 2.45) is 5.92 Å². The third-order valence-electron chi connectivity index (χ3n) is 7.09. The maximum atomic E-state index is 15.1. The van der Waals surface area contributed by atoms with E-state index in [4.69, 9.17) is 4.74 Å². The fraction of sp³-hybridized carbons (Fsp3) is 0.556. The van der Waals surface area contributed by atoms with E-state index in [0.29, 0.717) is 34.9 Å². The van der Waals surface area contributed by atoms with Gasteiger partial charge in [-0.05, 0) is 60.3 Å². The van der Waals surface area contributed by atoms with E-state index < -0.39 is 11.9 Å². The summed E-state index contributed by atoms with van der Waals surface area (Å²) < 4.78 is 50.1. The molecule has 0 aromatic heterocycles. The summed E-state index contributed by atoms with van der Waals surface area (Å²) >= 11 is 0. The molecule has 1 aliphatic carbocycles. The first-order valence-corrected chi connectivity index (χ1v) is 11.9. The third kappa shape index (κ3) is 4.63. The van der Waals surface area contributed by atoms with Gasteiger partial charge in [-0.15, -0.1) is 0 Å². The highest BCUT2D eigenvalue weighted by atomic mass is 19.3. The molecule has 2 aliphatic rings. The largest absolute Gasteiger partial charge is 0.427 e. The van der Waals surface area contributed by atoms with Gasteiger partial charge in [0.1, 0.15) is 0 Å². The van der Waals surface area contributed by atoms with Gasteiger partial charge in [-0.3, -0.25) is 0 Å². The molecule has 31 heavy (non-hydrogen) atoms. The van der Waals surface area contributed by atoms with Gasteiger partial charge in [-0.25, -0.2) is 4.39 Å². The summed E-state index contributed by atoms with van der Waals surface area (Å²) in [5, 5.41) is 0. The minimum atomic E-state index is -3.53. The first-order valence-electron chi connectivity index (χ1n) is 11.9. The number of hydrogen-bond donors (Lipinski definition) is 0. The van der Waals surface area contributed by atoms with Crippen LogP contribution in [0.5, 0.6) is 5.75 Å². The zero-order valence-corrected chi connectivity index (χ0v) is 18.7. The molecule has 4 heteroatoms. The number of unbranched alkanes of at least 4 members (excludes halogenated alkanes) is 4. The van der Waals surface area contributed by atoms with Gasteiger partial charge in [-0.2, -0.15) is 8.78 Å². The van der Waals surface area contributed by atoms with E-state index in [1.165, 1.54) is 6.42 Å². The minimum Gasteiger partial charge on any atom is -0.425 e. The van der Waals surface area contributed by atoms with Crippen molar-refractivity contribution in [2.45, 2.75) is 90.1 Å². The quantitative estimate of drug-likeness (QED) is 0.399. The van der Waals surface area contributed by atoms with Gasteiger partial charge < -0.3 is 4.74 Å². The Morgan fingerprint density at radius 2 is 1.65 bits per heavy atom. The van der Waals surface area contributed by atoms with Gasteiger partial charge in [-0.1, -0.05) is 76.6 Å². The third-order valence-corrected chi connectivity index (χ3v) is 7.09. The van der Waals surface area contributed by atoms with Crippen LogP contribution in [0.3, 0.4) is 0 Å². The van der Waals surface area contributed by atoms with Crippen LogP contribution in [0.4, 0.5) is 13.2 Å². The van der Waals surface area contributed by atoms with E-state index in [2.05, 4.69) is 13.8 Å². The number of halogens is 3. The number of hydrogen-bond acceptors (Lipinski definition) is 1. The molecule has 0 atom stereocenters. The number of fused-ring (bicyclic) bond motifs is 3. The molecule has 2 aromatic rings. The molecule has 0 bridgehead atoms. The Bertz CT molecular complexity index is 913. The van der Waals surface area contributed by atoms with Crippen LogP contribution in [0.2, 0.25) is 0 Å². The molecule has 2 aromatic carbocycles. The van der Waals surface area contributed by atoms with Crippen molar-refractivity contribution in [2.75, 3.05) is 0 Å². The number of ether oxygens (including phenoxy) is 1. The number of aryl methyl sites for hydroxylation is 1. The van der Waals surface area contributed by atoms with Crippen molar-refractivity contribution < 1.29 is 17.9 Å². The van der Waals surface area contributed by atoms with Crippen molar-refractivity contribution in [1.82, 2.24) is 0 Å². The van der Waals surface area contributed by atoms with E-state index in [9.17, 15) is 8.78 Å². The Morgan fingerprint density at radius 1 is 0.935 bits per heavy atom. The van der Waals surface area contributed by atoms with Crippen LogP contribution in [-0.4, -0.2) is 0 Å². The summed E-state index contributed by atoms with van der Waals surface area (Å²) in [5.74, 6) is 0.0753. The van der Waals surface area contributed by atoms with Gasteiger partial charge in [0, 0.05) is 5.56 Å². The van der Waals surface area contributed by atoms with Gasteiger partial charge in [0.15, 0.2) is 11.6 Å². The summed E-state index contributed by atoms with van der Waals surface area (Å²) in [6.45, 7) is 4.40. The average Bonchev–Trinajstić information content (AvgIpc) is 2.76. The molecular formula is C27H33F3O. The predicted molar refractivity (Wildman–Crippen MR) is 119 cm³/mol. The van der Waals surface area contributed by atoms with Gasteiger partial charge in [0.2, 0.25) is 0 Å². The number of alkyl halides is 2. The SMILES string of the molecule is CCCCCCCc1ccc2c(c1F)OC(F)(F)c1cc(C3CCC(C)CC3)ccc1-2. The maximum Gasteiger partial charge on any atom is 0.427 e. The smallest absolute Gasteiger partial charge is 0.425 e. The molecule has 1 nitrogen and oxygen atoms in total. The molecule has 0 unspecified atom stereocenters. The van der Waals surface area contributed by atoms with E-state index in [-0.39, 0.29) is 11.3 Å². The number of benzene rings is 2. The van der Waals surface area contributed by atoms with Crippen molar-refractivity contribution in [3.8, 4) is 16.9 Å². The Morgan fingerprint density at radius 3 is 2.39 bits per heavy atom. The second-order valence-electron chi connectivity index (χ2n) is 9.46. The molecular weight excluding hydrogens is 397 g/mol. The molecule has 1 saturated carbocycles. The lowest BCUT2D eigenvalue weighted by Gasteiger charge is -2.31. The standard InChI is InChI=1S/C27H33F3O/c1-3-4-5-6-7-8-20-13-16-23-22-15-14-21(19-11-9-18(2)10-12-19)17-24(22)27(29,30)31-26(23)25(20)28/h13-19H,3-12H2,1-2H3. The van der Waals surface area contributed by atoms with E-state index in [0.717, 1.165) is 56.9 Å².